The summed E-state index contributed by atoms with van der Waals surface area (Å²) in [4.78, 5) is 39.4. The molecule has 2 aromatic carbocycles. The van der Waals surface area contributed by atoms with Crippen molar-refractivity contribution < 1.29 is 14.4 Å². The summed E-state index contributed by atoms with van der Waals surface area (Å²) in [6.45, 7) is 8.12. The summed E-state index contributed by atoms with van der Waals surface area (Å²) in [5.74, 6) is -0.547. The van der Waals surface area contributed by atoms with E-state index in [2.05, 4.69) is 32.7 Å². The van der Waals surface area contributed by atoms with Crippen molar-refractivity contribution in [2.75, 3.05) is 20.1 Å². The fraction of sp³-hybridized carbons (Fsp3) is 0.531. The van der Waals surface area contributed by atoms with Crippen LogP contribution in [0.4, 0.5) is 0 Å². The predicted octanol–water partition coefficient (Wildman–Crippen LogP) is 4.14. The molecule has 2 aromatic rings. The summed E-state index contributed by atoms with van der Waals surface area (Å²) in [6.07, 6.45) is 4.49. The molecular formula is C32H46ClN5O3. The first-order valence-corrected chi connectivity index (χ1v) is 15.2. The largest absolute Gasteiger partial charge is 0.351 e. The van der Waals surface area contributed by atoms with Crippen LogP contribution in [0.15, 0.2) is 48.5 Å². The van der Waals surface area contributed by atoms with E-state index in [9.17, 15) is 14.4 Å². The highest BCUT2D eigenvalue weighted by atomic mass is 35.5. The van der Waals surface area contributed by atoms with E-state index in [1.807, 2.05) is 51.2 Å². The number of nitrogens with one attached hydrogen (secondary N) is 5. The first kappa shape index (κ1) is 32.6. The molecule has 3 amide bonds. The molecule has 3 rings (SSSR count). The Hall–Kier alpha value is -2.94. The minimum absolute atomic E-state index is 0.0279. The Morgan fingerprint density at radius 1 is 0.927 bits per heavy atom. The Balaban J connectivity index is 1.58. The van der Waals surface area contributed by atoms with E-state index in [0.29, 0.717) is 23.6 Å². The fourth-order valence-electron chi connectivity index (χ4n) is 5.29. The van der Waals surface area contributed by atoms with E-state index in [1.54, 1.807) is 19.1 Å². The molecule has 41 heavy (non-hydrogen) atoms. The second kappa shape index (κ2) is 16.5. The van der Waals surface area contributed by atoms with Crippen LogP contribution in [0.3, 0.4) is 0 Å². The van der Waals surface area contributed by atoms with E-state index in [-0.39, 0.29) is 35.6 Å². The van der Waals surface area contributed by atoms with Gasteiger partial charge in [-0.05, 0) is 74.5 Å². The number of carbonyl (C=O) groups excluding carboxylic acids is 3. The summed E-state index contributed by atoms with van der Waals surface area (Å²) >= 11 is 6.25. The van der Waals surface area contributed by atoms with Crippen LogP contribution in [-0.4, -0.2) is 56.0 Å². The van der Waals surface area contributed by atoms with Crippen molar-refractivity contribution in [3.05, 3.63) is 70.2 Å². The maximum atomic E-state index is 13.5. The number of halogens is 1. The number of carbonyl (C=O) groups is 3. The molecule has 0 saturated heterocycles. The van der Waals surface area contributed by atoms with Crippen LogP contribution in [0.2, 0.25) is 5.02 Å². The van der Waals surface area contributed by atoms with Gasteiger partial charge in [-0.15, -0.1) is 0 Å². The lowest BCUT2D eigenvalue weighted by Gasteiger charge is -2.34. The smallest absolute Gasteiger partial charge is 0.251 e. The van der Waals surface area contributed by atoms with Gasteiger partial charge in [-0.3, -0.25) is 14.4 Å². The second-order valence-corrected chi connectivity index (χ2v) is 11.9. The Bertz CT molecular complexity index is 1140. The number of hydrogen-bond donors (Lipinski definition) is 5. The van der Waals surface area contributed by atoms with E-state index >= 15 is 0 Å². The van der Waals surface area contributed by atoms with E-state index in [4.69, 9.17) is 11.6 Å². The summed E-state index contributed by atoms with van der Waals surface area (Å²) in [7, 11) is 1.91. The van der Waals surface area contributed by atoms with Crippen LogP contribution in [0, 0.1) is 5.92 Å². The van der Waals surface area contributed by atoms with Gasteiger partial charge in [0.05, 0.1) is 0 Å². The van der Waals surface area contributed by atoms with Crippen LogP contribution in [-0.2, 0) is 16.1 Å². The van der Waals surface area contributed by atoms with Gasteiger partial charge in [0, 0.05) is 42.2 Å². The number of benzene rings is 2. The van der Waals surface area contributed by atoms with Gasteiger partial charge in [0.25, 0.3) is 5.91 Å². The number of likely N-dealkylation sites (N-methyl/N-ethyl adjacent to an activating group) is 1. The molecule has 8 nitrogen and oxygen atoms in total. The molecule has 9 heteroatoms. The van der Waals surface area contributed by atoms with E-state index in [0.717, 1.165) is 49.9 Å². The highest BCUT2D eigenvalue weighted by Crippen LogP contribution is 2.34. The van der Waals surface area contributed by atoms with Gasteiger partial charge >= 0.3 is 0 Å². The topological polar surface area (TPSA) is 111 Å². The van der Waals surface area contributed by atoms with Crippen LogP contribution >= 0.6 is 11.6 Å². The summed E-state index contributed by atoms with van der Waals surface area (Å²) in [6, 6.07) is 13.6. The van der Waals surface area contributed by atoms with Crippen molar-refractivity contribution in [3.63, 3.8) is 0 Å². The number of amides is 3. The van der Waals surface area contributed by atoms with Gasteiger partial charge in [-0.25, -0.2) is 0 Å². The van der Waals surface area contributed by atoms with Gasteiger partial charge < -0.3 is 26.6 Å². The average Bonchev–Trinajstić information content (AvgIpc) is 2.95. The van der Waals surface area contributed by atoms with Crippen LogP contribution in [0.5, 0.6) is 0 Å². The molecule has 0 aromatic heterocycles. The summed E-state index contributed by atoms with van der Waals surface area (Å²) in [5.41, 5.74) is 2.67. The van der Waals surface area contributed by atoms with Crippen molar-refractivity contribution >= 4 is 29.3 Å². The summed E-state index contributed by atoms with van der Waals surface area (Å²) < 4.78 is 0. The average molecular weight is 584 g/mol. The maximum Gasteiger partial charge on any atom is 0.251 e. The molecular weight excluding hydrogens is 538 g/mol. The zero-order valence-corrected chi connectivity index (χ0v) is 25.5. The van der Waals surface area contributed by atoms with Gasteiger partial charge in [-0.1, -0.05) is 62.6 Å². The Morgan fingerprint density at radius 3 is 2.34 bits per heavy atom. The molecule has 0 unspecified atom stereocenters. The Morgan fingerprint density at radius 2 is 1.66 bits per heavy atom. The van der Waals surface area contributed by atoms with Crippen LogP contribution < -0.4 is 26.6 Å². The molecule has 0 radical (unpaired) electrons. The van der Waals surface area contributed by atoms with Crippen LogP contribution in [0.25, 0.3) is 0 Å². The van der Waals surface area contributed by atoms with Gasteiger partial charge in [0.1, 0.15) is 12.1 Å². The van der Waals surface area contributed by atoms with Gasteiger partial charge in [-0.2, -0.15) is 0 Å². The van der Waals surface area contributed by atoms with Gasteiger partial charge in [0.15, 0.2) is 0 Å². The lowest BCUT2D eigenvalue weighted by Crippen LogP contribution is -2.55. The zero-order valence-electron chi connectivity index (χ0n) is 24.8. The highest BCUT2D eigenvalue weighted by molar-refractivity contribution is 6.30. The Kier molecular flexibility index (Phi) is 13.1. The van der Waals surface area contributed by atoms with Crippen molar-refractivity contribution in [2.24, 2.45) is 5.92 Å². The first-order chi connectivity index (χ1) is 19.7. The molecule has 5 N–H and O–H groups in total. The highest BCUT2D eigenvalue weighted by Gasteiger charge is 2.32. The van der Waals surface area contributed by atoms with Crippen molar-refractivity contribution in [2.45, 2.75) is 83.5 Å². The molecule has 224 valence electrons. The number of rotatable bonds is 14. The minimum atomic E-state index is -0.804. The van der Waals surface area contributed by atoms with E-state index in [1.165, 1.54) is 0 Å². The molecule has 4 atom stereocenters. The zero-order chi connectivity index (χ0) is 29.8. The molecule has 0 aliphatic heterocycles. The third kappa shape index (κ3) is 10.4. The molecule has 0 spiro atoms. The maximum absolute atomic E-state index is 13.5. The van der Waals surface area contributed by atoms with Crippen LogP contribution in [0.1, 0.15) is 80.3 Å². The Labute approximate surface area is 249 Å². The monoisotopic (exact) mass is 583 g/mol. The predicted molar refractivity (Wildman–Crippen MR) is 165 cm³/mol. The van der Waals surface area contributed by atoms with Crippen molar-refractivity contribution in [3.8, 4) is 0 Å². The molecule has 1 aliphatic rings. The van der Waals surface area contributed by atoms with Crippen molar-refractivity contribution in [1.82, 2.24) is 26.6 Å². The molecule has 0 bridgehead atoms. The number of hydrogen-bond acceptors (Lipinski definition) is 5. The van der Waals surface area contributed by atoms with E-state index < -0.39 is 12.1 Å². The normalized spacial score (nSPS) is 18.4. The molecule has 0 heterocycles. The standard InChI is InChI=1S/C32H46ClN5O3/c1-21(2)18-29(32(41)37-28-11-6-5-10-27(28)25-8-7-9-26(33)19-25)38-30(39)22(3)36-31(40)24-14-12-23(13-15-24)20-35-17-16-34-4/h7-9,12-15,19,21-22,27-29,34-35H,5-6,10-11,16-18,20H2,1-4H3,(H,36,40)(H,37,41)(H,38,39)/t22-,27-,28+,29-/m0/s1. The minimum Gasteiger partial charge on any atom is -0.351 e. The molecule has 1 aliphatic carbocycles. The van der Waals surface area contributed by atoms with Gasteiger partial charge in [0.2, 0.25) is 11.8 Å². The second-order valence-electron chi connectivity index (χ2n) is 11.4. The first-order valence-electron chi connectivity index (χ1n) is 14.8. The lowest BCUT2D eigenvalue weighted by molar-refractivity contribution is -0.130. The quantitative estimate of drug-likeness (QED) is 0.215. The molecule has 1 saturated carbocycles. The third-order valence-electron chi connectivity index (χ3n) is 7.55. The fourth-order valence-corrected chi connectivity index (χ4v) is 5.49. The SMILES string of the molecule is CNCCNCc1ccc(C(=O)N[C@@H](C)C(=O)N[C@@H](CC(C)C)C(=O)N[C@@H]2CCCC[C@H]2c2cccc(Cl)c2)cc1. The van der Waals surface area contributed by atoms with Crippen molar-refractivity contribution in [1.29, 1.82) is 0 Å². The summed E-state index contributed by atoms with van der Waals surface area (Å²) in [5, 5.41) is 16.0. The lowest BCUT2D eigenvalue weighted by atomic mass is 9.80. The third-order valence-corrected chi connectivity index (χ3v) is 7.78. The molecule has 1 fully saturated rings.